The molecule has 0 saturated heterocycles. The molecule has 0 aliphatic rings. The second kappa shape index (κ2) is 10.2. The Morgan fingerprint density at radius 3 is 2.12 bits per heavy atom. The maximum atomic E-state index is 13.5. The van der Waals surface area contributed by atoms with Gasteiger partial charge in [-0.25, -0.2) is 13.8 Å². The molecule has 8 heteroatoms. The summed E-state index contributed by atoms with van der Waals surface area (Å²) < 4.78 is 28.1. The first-order chi connectivity index (χ1) is 15.6. The first-order valence-corrected chi connectivity index (χ1v) is 12.2. The Kier molecular flexibility index (Phi) is 7.56. The van der Waals surface area contributed by atoms with Crippen molar-refractivity contribution in [2.24, 2.45) is 5.10 Å². The van der Waals surface area contributed by atoms with Gasteiger partial charge in [0.15, 0.2) is 0 Å². The molecular weight excluding hydrogens is 458 g/mol. The molecule has 0 spiro atoms. The largest absolute Gasteiger partial charge is 0.271 e. The standard InChI is InChI=1S/C25H26ClN3O3S/c1-17-8-12-21(13-9-17)20(4)27-28-25(30)16-29(24-7-5-6-23(26)19(24)3)33(31,32)22-14-10-18(2)11-15-22/h5-15H,16H2,1-4H3,(H,28,30)/b27-20-. The first-order valence-electron chi connectivity index (χ1n) is 10.3. The molecule has 6 nitrogen and oxygen atoms in total. The minimum absolute atomic E-state index is 0.0830. The molecule has 172 valence electrons. The third-order valence-electron chi connectivity index (χ3n) is 5.22. The van der Waals surface area contributed by atoms with Crippen LogP contribution in [0, 0.1) is 20.8 Å². The van der Waals surface area contributed by atoms with Crippen LogP contribution in [0.15, 0.2) is 76.7 Å². The van der Waals surface area contributed by atoms with Gasteiger partial charge in [0.25, 0.3) is 15.9 Å². The summed E-state index contributed by atoms with van der Waals surface area (Å²) in [5.74, 6) is -0.573. The average Bonchev–Trinajstić information content (AvgIpc) is 2.78. The van der Waals surface area contributed by atoms with Crippen molar-refractivity contribution in [2.45, 2.75) is 32.6 Å². The zero-order valence-corrected chi connectivity index (χ0v) is 20.5. The second-order valence-corrected chi connectivity index (χ2v) is 10.1. The summed E-state index contributed by atoms with van der Waals surface area (Å²) in [7, 11) is -4.04. The zero-order chi connectivity index (χ0) is 24.2. The summed E-state index contributed by atoms with van der Waals surface area (Å²) in [5, 5.41) is 4.55. The number of hydrogen-bond acceptors (Lipinski definition) is 4. The van der Waals surface area contributed by atoms with Crippen molar-refractivity contribution in [1.82, 2.24) is 5.43 Å². The van der Waals surface area contributed by atoms with Gasteiger partial charge in [-0.15, -0.1) is 0 Å². The van der Waals surface area contributed by atoms with Crippen LogP contribution in [0.5, 0.6) is 0 Å². The average molecular weight is 484 g/mol. The fourth-order valence-electron chi connectivity index (χ4n) is 3.17. The van der Waals surface area contributed by atoms with Gasteiger partial charge in [0.05, 0.1) is 16.3 Å². The van der Waals surface area contributed by atoms with E-state index in [2.05, 4.69) is 10.5 Å². The zero-order valence-electron chi connectivity index (χ0n) is 19.0. The number of benzene rings is 3. The summed E-state index contributed by atoms with van der Waals surface area (Å²) in [6.07, 6.45) is 0. The molecular formula is C25H26ClN3O3S. The highest BCUT2D eigenvalue weighted by Crippen LogP contribution is 2.30. The van der Waals surface area contributed by atoms with E-state index in [1.807, 2.05) is 38.1 Å². The lowest BCUT2D eigenvalue weighted by Crippen LogP contribution is -2.40. The monoisotopic (exact) mass is 483 g/mol. The lowest BCUT2D eigenvalue weighted by Gasteiger charge is -2.25. The highest BCUT2D eigenvalue weighted by molar-refractivity contribution is 7.92. The lowest BCUT2D eigenvalue weighted by atomic mass is 10.1. The quantitative estimate of drug-likeness (QED) is 0.379. The van der Waals surface area contributed by atoms with Crippen LogP contribution in [-0.4, -0.2) is 26.6 Å². The van der Waals surface area contributed by atoms with Gasteiger partial charge in [0.2, 0.25) is 0 Å². The predicted molar refractivity (Wildman–Crippen MR) is 133 cm³/mol. The molecule has 0 aromatic heterocycles. The fourth-order valence-corrected chi connectivity index (χ4v) is 4.82. The van der Waals surface area contributed by atoms with E-state index in [-0.39, 0.29) is 4.90 Å². The highest BCUT2D eigenvalue weighted by Gasteiger charge is 2.28. The Morgan fingerprint density at radius 2 is 1.52 bits per heavy atom. The Hall–Kier alpha value is -3.16. The van der Waals surface area contributed by atoms with Crippen molar-refractivity contribution in [3.8, 4) is 0 Å². The van der Waals surface area contributed by atoms with Crippen LogP contribution in [-0.2, 0) is 14.8 Å². The number of rotatable bonds is 7. The number of amides is 1. The number of nitrogens with zero attached hydrogens (tertiary/aromatic N) is 2. The van der Waals surface area contributed by atoms with E-state index in [4.69, 9.17) is 11.6 Å². The number of sulfonamides is 1. The number of hydrazone groups is 1. The van der Waals surface area contributed by atoms with E-state index in [1.165, 1.54) is 12.1 Å². The molecule has 0 unspecified atom stereocenters. The molecule has 0 heterocycles. The molecule has 1 N–H and O–H groups in total. The number of carbonyl (C=O) groups is 1. The van der Waals surface area contributed by atoms with Crippen LogP contribution < -0.4 is 9.73 Å². The maximum absolute atomic E-state index is 13.5. The lowest BCUT2D eigenvalue weighted by molar-refractivity contribution is -0.119. The van der Waals surface area contributed by atoms with E-state index in [1.54, 1.807) is 44.2 Å². The summed E-state index contributed by atoms with van der Waals surface area (Å²) in [6, 6.07) is 19.1. The molecule has 0 bridgehead atoms. The van der Waals surface area contributed by atoms with Crippen LogP contribution in [0.25, 0.3) is 0 Å². The van der Waals surface area contributed by atoms with Crippen LogP contribution in [0.3, 0.4) is 0 Å². The summed E-state index contributed by atoms with van der Waals surface area (Å²) in [5.41, 5.74) is 6.87. The van der Waals surface area contributed by atoms with Gasteiger partial charge in [-0.1, -0.05) is 65.2 Å². The van der Waals surface area contributed by atoms with Crippen molar-refractivity contribution in [2.75, 3.05) is 10.8 Å². The van der Waals surface area contributed by atoms with Crippen LogP contribution in [0.4, 0.5) is 5.69 Å². The highest BCUT2D eigenvalue weighted by atomic mass is 35.5. The van der Waals surface area contributed by atoms with E-state index in [0.29, 0.717) is 22.0 Å². The minimum Gasteiger partial charge on any atom is -0.271 e. The van der Waals surface area contributed by atoms with Gasteiger partial charge in [0, 0.05) is 5.02 Å². The smallest absolute Gasteiger partial charge is 0.264 e. The molecule has 33 heavy (non-hydrogen) atoms. The summed E-state index contributed by atoms with van der Waals surface area (Å²) in [6.45, 7) is 6.89. The molecule has 0 radical (unpaired) electrons. The van der Waals surface area contributed by atoms with Crippen LogP contribution in [0.1, 0.15) is 29.2 Å². The minimum atomic E-state index is -4.04. The maximum Gasteiger partial charge on any atom is 0.264 e. The molecule has 0 atom stereocenters. The van der Waals surface area contributed by atoms with E-state index in [9.17, 15) is 13.2 Å². The van der Waals surface area contributed by atoms with Crippen LogP contribution >= 0.6 is 11.6 Å². The molecule has 3 rings (SSSR count). The SMILES string of the molecule is C/C(=N/NC(=O)CN(c1cccc(Cl)c1C)S(=O)(=O)c1ccc(C)cc1)c1ccc(C)cc1. The fraction of sp³-hybridized carbons (Fsp3) is 0.200. The predicted octanol–water partition coefficient (Wildman–Crippen LogP) is 5.00. The first kappa shape index (κ1) is 24.5. The number of nitrogens with one attached hydrogen (secondary N) is 1. The van der Waals surface area contributed by atoms with Crippen molar-refractivity contribution < 1.29 is 13.2 Å². The molecule has 0 saturated carbocycles. The van der Waals surface area contributed by atoms with Gasteiger partial charge >= 0.3 is 0 Å². The third-order valence-corrected chi connectivity index (χ3v) is 7.41. The summed E-state index contributed by atoms with van der Waals surface area (Å²) in [4.78, 5) is 12.9. The van der Waals surface area contributed by atoms with Gasteiger partial charge in [-0.2, -0.15) is 5.10 Å². The Balaban J connectivity index is 1.92. The number of carbonyl (C=O) groups excluding carboxylic acids is 1. The number of hydrogen-bond donors (Lipinski definition) is 1. The number of halogens is 1. The van der Waals surface area contributed by atoms with E-state index >= 15 is 0 Å². The third kappa shape index (κ3) is 5.80. The molecule has 0 aliphatic carbocycles. The molecule has 0 fully saturated rings. The molecule has 0 aliphatic heterocycles. The Morgan fingerprint density at radius 1 is 0.939 bits per heavy atom. The van der Waals surface area contributed by atoms with Crippen molar-refractivity contribution in [3.63, 3.8) is 0 Å². The summed E-state index contributed by atoms with van der Waals surface area (Å²) >= 11 is 6.25. The van der Waals surface area contributed by atoms with E-state index < -0.39 is 22.5 Å². The Bertz CT molecular complexity index is 1290. The number of aryl methyl sites for hydroxylation is 2. The second-order valence-electron chi connectivity index (χ2n) is 7.81. The van der Waals surface area contributed by atoms with Gasteiger partial charge in [-0.05, 0) is 63.1 Å². The van der Waals surface area contributed by atoms with Crippen molar-refractivity contribution in [3.05, 3.63) is 94.0 Å². The van der Waals surface area contributed by atoms with E-state index in [0.717, 1.165) is 21.0 Å². The van der Waals surface area contributed by atoms with Gasteiger partial charge in [-0.3, -0.25) is 9.10 Å². The van der Waals surface area contributed by atoms with Crippen molar-refractivity contribution >= 4 is 38.9 Å². The normalized spacial score (nSPS) is 11.8. The Labute approximate surface area is 200 Å². The molecule has 3 aromatic rings. The van der Waals surface area contributed by atoms with Crippen molar-refractivity contribution in [1.29, 1.82) is 0 Å². The number of anilines is 1. The van der Waals surface area contributed by atoms with Gasteiger partial charge in [0.1, 0.15) is 6.54 Å². The molecule has 3 aromatic carbocycles. The topological polar surface area (TPSA) is 78.8 Å². The molecule has 1 amide bonds. The van der Waals surface area contributed by atoms with Gasteiger partial charge < -0.3 is 0 Å². The van der Waals surface area contributed by atoms with Crippen LogP contribution in [0.2, 0.25) is 5.02 Å².